The lowest BCUT2D eigenvalue weighted by molar-refractivity contribution is 0.669. The van der Waals surface area contributed by atoms with Crippen molar-refractivity contribution < 1.29 is 4.42 Å². The molecular formula is C43H25N5OS. The van der Waals surface area contributed by atoms with Gasteiger partial charge in [0.2, 0.25) is 0 Å². The minimum atomic E-state index is 0.585. The molecule has 234 valence electrons. The van der Waals surface area contributed by atoms with E-state index in [1.54, 1.807) is 11.3 Å². The van der Waals surface area contributed by atoms with Gasteiger partial charge in [-0.1, -0.05) is 115 Å². The zero-order valence-electron chi connectivity index (χ0n) is 26.5. The molecule has 10 rings (SSSR count). The van der Waals surface area contributed by atoms with Crippen LogP contribution in [0.5, 0.6) is 0 Å². The molecule has 4 heterocycles. The first-order valence-electron chi connectivity index (χ1n) is 16.3. The molecule has 6 aromatic carbocycles. The Bertz CT molecular complexity index is 2810. The minimum Gasteiger partial charge on any atom is -0.456 e. The van der Waals surface area contributed by atoms with E-state index in [0.717, 1.165) is 71.1 Å². The zero-order chi connectivity index (χ0) is 33.0. The van der Waals surface area contributed by atoms with Gasteiger partial charge in [-0.15, -0.1) is 11.3 Å². The van der Waals surface area contributed by atoms with E-state index < -0.39 is 0 Å². The van der Waals surface area contributed by atoms with Crippen LogP contribution in [-0.2, 0) is 0 Å². The number of rotatable bonds is 5. The van der Waals surface area contributed by atoms with Crippen molar-refractivity contribution in [2.24, 2.45) is 0 Å². The summed E-state index contributed by atoms with van der Waals surface area (Å²) in [7, 11) is 0. The summed E-state index contributed by atoms with van der Waals surface area (Å²) >= 11 is 1.73. The van der Waals surface area contributed by atoms with Gasteiger partial charge in [0.05, 0.1) is 15.9 Å². The topological polar surface area (TPSA) is 77.6 Å². The van der Waals surface area contributed by atoms with E-state index in [2.05, 4.69) is 60.7 Å². The minimum absolute atomic E-state index is 0.585. The van der Waals surface area contributed by atoms with Crippen molar-refractivity contribution in [3.8, 4) is 56.8 Å². The fourth-order valence-corrected chi connectivity index (χ4v) is 7.66. The summed E-state index contributed by atoms with van der Waals surface area (Å²) in [6.45, 7) is 0. The molecule has 0 unspecified atom stereocenters. The van der Waals surface area contributed by atoms with Gasteiger partial charge in [0, 0.05) is 48.7 Å². The van der Waals surface area contributed by atoms with Crippen LogP contribution in [0.15, 0.2) is 156 Å². The van der Waals surface area contributed by atoms with E-state index in [0.29, 0.717) is 23.3 Å². The molecule has 50 heavy (non-hydrogen) atoms. The summed E-state index contributed by atoms with van der Waals surface area (Å²) in [4.78, 5) is 24.9. The highest BCUT2D eigenvalue weighted by atomic mass is 32.1. The Hall–Kier alpha value is -6.57. The first-order chi connectivity index (χ1) is 24.7. The number of hydrogen-bond donors (Lipinski definition) is 0. The summed E-state index contributed by atoms with van der Waals surface area (Å²) in [5.41, 5.74) is 8.15. The number of fused-ring (bicyclic) bond motifs is 6. The van der Waals surface area contributed by atoms with Crippen LogP contribution in [0.25, 0.3) is 99.1 Å². The molecule has 0 saturated carbocycles. The number of thiophene rings is 1. The summed E-state index contributed by atoms with van der Waals surface area (Å²) in [5, 5.41) is 3.17. The Balaban J connectivity index is 1.12. The van der Waals surface area contributed by atoms with Gasteiger partial charge in [0.15, 0.2) is 23.3 Å². The fourth-order valence-electron chi connectivity index (χ4n) is 6.50. The molecule has 0 spiro atoms. The van der Waals surface area contributed by atoms with E-state index in [1.807, 2.05) is 91.0 Å². The zero-order valence-corrected chi connectivity index (χ0v) is 27.3. The monoisotopic (exact) mass is 659 g/mol. The average molecular weight is 660 g/mol. The molecule has 10 aromatic rings. The van der Waals surface area contributed by atoms with E-state index in [9.17, 15) is 0 Å². The predicted molar refractivity (Wildman–Crippen MR) is 203 cm³/mol. The second-order valence-electron chi connectivity index (χ2n) is 12.1. The number of aromatic nitrogens is 5. The lowest BCUT2D eigenvalue weighted by atomic mass is 10.0. The van der Waals surface area contributed by atoms with E-state index in [-0.39, 0.29) is 0 Å². The van der Waals surface area contributed by atoms with Crippen molar-refractivity contribution in [3.63, 3.8) is 0 Å². The molecule has 0 radical (unpaired) electrons. The van der Waals surface area contributed by atoms with E-state index in [1.165, 1.54) is 4.70 Å². The molecule has 0 atom stereocenters. The summed E-state index contributed by atoms with van der Waals surface area (Å²) in [6.07, 6.45) is 0. The largest absolute Gasteiger partial charge is 0.456 e. The Morgan fingerprint density at radius 1 is 0.380 bits per heavy atom. The highest BCUT2D eigenvalue weighted by Gasteiger charge is 2.19. The van der Waals surface area contributed by atoms with Crippen LogP contribution in [0.2, 0.25) is 0 Å². The Labute approximate surface area is 290 Å². The average Bonchev–Trinajstić information content (AvgIpc) is 3.76. The molecule has 0 N–H and O–H groups in total. The van der Waals surface area contributed by atoms with Crippen molar-refractivity contribution in [1.82, 2.24) is 24.9 Å². The van der Waals surface area contributed by atoms with Gasteiger partial charge in [-0.3, -0.25) is 0 Å². The van der Waals surface area contributed by atoms with Crippen molar-refractivity contribution in [2.75, 3.05) is 0 Å². The first-order valence-corrected chi connectivity index (χ1v) is 17.2. The third-order valence-electron chi connectivity index (χ3n) is 8.95. The first kappa shape index (κ1) is 28.4. The molecule has 0 fully saturated rings. The van der Waals surface area contributed by atoms with Gasteiger partial charge in [-0.05, 0) is 36.4 Å². The normalized spacial score (nSPS) is 11.6. The summed E-state index contributed by atoms with van der Waals surface area (Å²) < 4.78 is 8.72. The quantitative estimate of drug-likeness (QED) is 0.183. The molecule has 6 nitrogen and oxygen atoms in total. The number of nitrogens with zero attached hydrogens (tertiary/aromatic N) is 5. The SMILES string of the molecule is c1ccc(-c2nc(-c3ccccc3)nc(-c3ccc4c(c3)oc3ccc(-c5nc(-c6ccccc6)nc6c5sc5ccccc56)cc34)n2)cc1. The summed E-state index contributed by atoms with van der Waals surface area (Å²) in [6, 6.07) is 51.1. The third-order valence-corrected chi connectivity index (χ3v) is 10.1. The van der Waals surface area contributed by atoms with Crippen molar-refractivity contribution in [3.05, 3.63) is 152 Å². The fraction of sp³-hybridized carbons (Fsp3) is 0. The van der Waals surface area contributed by atoms with Crippen molar-refractivity contribution in [1.29, 1.82) is 0 Å². The molecular weight excluding hydrogens is 635 g/mol. The highest BCUT2D eigenvalue weighted by molar-refractivity contribution is 7.26. The lowest BCUT2D eigenvalue weighted by Crippen LogP contribution is -2.00. The molecule has 0 bridgehead atoms. The van der Waals surface area contributed by atoms with Crippen LogP contribution < -0.4 is 0 Å². The number of furan rings is 1. The lowest BCUT2D eigenvalue weighted by Gasteiger charge is -2.08. The van der Waals surface area contributed by atoms with Crippen molar-refractivity contribution >= 4 is 53.6 Å². The Kier molecular flexibility index (Phi) is 6.57. The number of benzene rings is 6. The highest BCUT2D eigenvalue weighted by Crippen LogP contribution is 2.41. The maximum Gasteiger partial charge on any atom is 0.164 e. The Morgan fingerprint density at radius 2 is 0.940 bits per heavy atom. The molecule has 0 aliphatic carbocycles. The summed E-state index contributed by atoms with van der Waals surface area (Å²) in [5.74, 6) is 2.54. The van der Waals surface area contributed by atoms with Gasteiger partial charge in [0.1, 0.15) is 11.2 Å². The van der Waals surface area contributed by atoms with Gasteiger partial charge >= 0.3 is 0 Å². The van der Waals surface area contributed by atoms with Gasteiger partial charge in [-0.25, -0.2) is 24.9 Å². The molecule has 0 amide bonds. The van der Waals surface area contributed by atoms with Gasteiger partial charge in [0.25, 0.3) is 0 Å². The van der Waals surface area contributed by atoms with Gasteiger partial charge < -0.3 is 4.42 Å². The second-order valence-corrected chi connectivity index (χ2v) is 13.2. The smallest absolute Gasteiger partial charge is 0.164 e. The van der Waals surface area contributed by atoms with Crippen molar-refractivity contribution in [2.45, 2.75) is 0 Å². The van der Waals surface area contributed by atoms with Crippen LogP contribution in [0.3, 0.4) is 0 Å². The van der Waals surface area contributed by atoms with Crippen LogP contribution in [0, 0.1) is 0 Å². The predicted octanol–water partition coefficient (Wildman–Crippen LogP) is 11.3. The van der Waals surface area contributed by atoms with Crippen LogP contribution in [0.4, 0.5) is 0 Å². The Morgan fingerprint density at radius 3 is 1.60 bits per heavy atom. The molecule has 0 aliphatic rings. The third kappa shape index (κ3) is 4.83. The van der Waals surface area contributed by atoms with Gasteiger partial charge in [-0.2, -0.15) is 0 Å². The van der Waals surface area contributed by atoms with E-state index >= 15 is 0 Å². The maximum absolute atomic E-state index is 6.46. The molecule has 4 aromatic heterocycles. The number of hydrogen-bond acceptors (Lipinski definition) is 7. The maximum atomic E-state index is 6.46. The second kappa shape index (κ2) is 11.5. The van der Waals surface area contributed by atoms with E-state index in [4.69, 9.17) is 29.3 Å². The van der Waals surface area contributed by atoms with Crippen LogP contribution in [0.1, 0.15) is 0 Å². The molecule has 0 saturated heterocycles. The van der Waals surface area contributed by atoms with Crippen LogP contribution >= 0.6 is 11.3 Å². The molecule has 7 heteroatoms. The van der Waals surface area contributed by atoms with Crippen LogP contribution in [-0.4, -0.2) is 24.9 Å². The molecule has 0 aliphatic heterocycles. The standard InChI is InChI=1S/C43H25N5OS/c1-4-12-26(13-5-1)40-44-37(39-38(45-40)32-18-10-11-19-36(32)50-39)29-21-23-34-33(24-29)31-22-20-30(25-35(31)49-34)43-47-41(27-14-6-2-7-15-27)46-42(48-43)28-16-8-3-9-17-28/h1-25H.